The topological polar surface area (TPSA) is 50.4 Å². The number of nitrogens with one attached hydrogen (secondary N) is 2. The van der Waals surface area contributed by atoms with E-state index in [1.54, 1.807) is 0 Å². The molecule has 1 rings (SSSR count). The Kier molecular flexibility index (Phi) is 6.12. The quantitative estimate of drug-likeness (QED) is 0.799. The van der Waals surface area contributed by atoms with Crippen molar-refractivity contribution < 1.29 is 13.9 Å². The molecule has 2 N–H and O–H groups in total. The van der Waals surface area contributed by atoms with Crippen LogP contribution in [0, 0.1) is 5.82 Å². The van der Waals surface area contributed by atoms with Crippen molar-refractivity contribution in [2.24, 2.45) is 0 Å². The van der Waals surface area contributed by atoms with Gasteiger partial charge in [0.25, 0.3) is 0 Å². The van der Waals surface area contributed by atoms with Gasteiger partial charge in [-0.3, -0.25) is 4.79 Å². The van der Waals surface area contributed by atoms with Crippen LogP contribution in [0.1, 0.15) is 26.7 Å². The van der Waals surface area contributed by atoms with Gasteiger partial charge < -0.3 is 15.4 Å². The number of amides is 1. The second-order valence-electron chi connectivity index (χ2n) is 4.28. The zero-order valence-corrected chi connectivity index (χ0v) is 11.6. The first-order chi connectivity index (χ1) is 9.10. The molecule has 1 aromatic rings. The minimum atomic E-state index is -0.406. The zero-order valence-electron chi connectivity index (χ0n) is 11.6. The van der Waals surface area contributed by atoms with Crippen LogP contribution in [-0.4, -0.2) is 25.6 Å². The Morgan fingerprint density at radius 2 is 2.05 bits per heavy atom. The summed E-state index contributed by atoms with van der Waals surface area (Å²) in [6, 6.07) is 4.54. The maximum atomic E-state index is 13.5. The van der Waals surface area contributed by atoms with Gasteiger partial charge in [0.15, 0.2) is 0 Å². The molecular formula is C14H21FN2O2. The number of carbonyl (C=O) groups is 1. The highest BCUT2D eigenvalue weighted by atomic mass is 19.1. The third-order valence-electron chi connectivity index (χ3n) is 2.96. The monoisotopic (exact) mass is 268 g/mol. The normalized spacial score (nSPS) is 10.4. The molecule has 5 heteroatoms. The van der Waals surface area contributed by atoms with Crippen molar-refractivity contribution in [1.82, 2.24) is 5.32 Å². The largest absolute Gasteiger partial charge is 0.497 e. The third kappa shape index (κ3) is 4.77. The molecule has 0 unspecified atom stereocenters. The van der Waals surface area contributed by atoms with Crippen LogP contribution in [0.3, 0.4) is 0 Å². The fourth-order valence-electron chi connectivity index (χ4n) is 1.71. The lowest BCUT2D eigenvalue weighted by Crippen LogP contribution is -2.37. The van der Waals surface area contributed by atoms with E-state index in [9.17, 15) is 9.18 Å². The van der Waals surface area contributed by atoms with Crippen LogP contribution < -0.4 is 15.4 Å². The molecule has 0 spiro atoms. The standard InChI is InChI=1S/C14H21FN2O2/c1-4-10(5-2)17-14(18)9-16-13-8-11(19-3)6-7-12(13)15/h6-8,10,16H,4-5,9H2,1-3H3,(H,17,18). The average molecular weight is 268 g/mol. The van der Waals surface area contributed by atoms with E-state index in [0.717, 1.165) is 12.8 Å². The van der Waals surface area contributed by atoms with Crippen molar-refractivity contribution in [3.8, 4) is 5.75 Å². The SMILES string of the molecule is CCC(CC)NC(=O)CNc1cc(OC)ccc1F. The molecule has 0 saturated heterocycles. The van der Waals surface area contributed by atoms with Crippen LogP contribution in [-0.2, 0) is 4.79 Å². The first kappa shape index (κ1) is 15.3. The van der Waals surface area contributed by atoms with Gasteiger partial charge in [-0.05, 0) is 25.0 Å². The van der Waals surface area contributed by atoms with Crippen LogP contribution in [0.2, 0.25) is 0 Å². The number of carbonyl (C=O) groups excluding carboxylic acids is 1. The highest BCUT2D eigenvalue weighted by Gasteiger charge is 2.09. The van der Waals surface area contributed by atoms with Crippen LogP contribution in [0.15, 0.2) is 18.2 Å². The van der Waals surface area contributed by atoms with E-state index >= 15 is 0 Å². The number of rotatable bonds is 7. The lowest BCUT2D eigenvalue weighted by atomic mass is 10.2. The van der Waals surface area contributed by atoms with Crippen molar-refractivity contribution in [2.75, 3.05) is 19.0 Å². The third-order valence-corrected chi connectivity index (χ3v) is 2.96. The molecule has 0 fully saturated rings. The molecule has 4 nitrogen and oxygen atoms in total. The number of hydrogen-bond acceptors (Lipinski definition) is 3. The van der Waals surface area contributed by atoms with Crippen LogP contribution in [0.4, 0.5) is 10.1 Å². The van der Waals surface area contributed by atoms with Crippen LogP contribution >= 0.6 is 0 Å². The summed E-state index contributed by atoms with van der Waals surface area (Å²) in [6.45, 7) is 4.08. The molecule has 1 amide bonds. The Bertz CT molecular complexity index is 420. The minimum Gasteiger partial charge on any atom is -0.497 e. The summed E-state index contributed by atoms with van der Waals surface area (Å²) in [5.41, 5.74) is 0.263. The van der Waals surface area contributed by atoms with E-state index in [-0.39, 0.29) is 24.2 Å². The van der Waals surface area contributed by atoms with Crippen molar-refractivity contribution in [2.45, 2.75) is 32.7 Å². The van der Waals surface area contributed by atoms with E-state index in [2.05, 4.69) is 10.6 Å². The molecule has 0 atom stereocenters. The Hall–Kier alpha value is -1.78. The molecule has 0 bridgehead atoms. The molecule has 0 radical (unpaired) electrons. The van der Waals surface area contributed by atoms with Crippen molar-refractivity contribution >= 4 is 11.6 Å². The molecule has 0 saturated carbocycles. The molecule has 0 aliphatic heterocycles. The van der Waals surface area contributed by atoms with Gasteiger partial charge in [0.1, 0.15) is 11.6 Å². The molecule has 0 aliphatic carbocycles. The number of anilines is 1. The summed E-state index contributed by atoms with van der Waals surface area (Å²) in [5.74, 6) is -0.00338. The zero-order chi connectivity index (χ0) is 14.3. The van der Waals surface area contributed by atoms with Gasteiger partial charge in [-0.15, -0.1) is 0 Å². The smallest absolute Gasteiger partial charge is 0.239 e. The molecular weight excluding hydrogens is 247 g/mol. The number of ether oxygens (including phenoxy) is 1. The molecule has 0 aliphatic rings. The summed E-state index contributed by atoms with van der Waals surface area (Å²) < 4.78 is 18.5. The first-order valence-electron chi connectivity index (χ1n) is 6.47. The molecule has 0 aromatic heterocycles. The van der Waals surface area contributed by atoms with Gasteiger partial charge in [-0.1, -0.05) is 13.8 Å². The predicted molar refractivity (Wildman–Crippen MR) is 74.0 cm³/mol. The van der Waals surface area contributed by atoms with Crippen molar-refractivity contribution in [1.29, 1.82) is 0 Å². The number of methoxy groups -OCH3 is 1. The predicted octanol–water partition coefficient (Wildman–Crippen LogP) is 2.55. The number of hydrogen-bond donors (Lipinski definition) is 2. The van der Waals surface area contributed by atoms with Crippen LogP contribution in [0.5, 0.6) is 5.75 Å². The van der Waals surface area contributed by atoms with Crippen molar-refractivity contribution in [3.63, 3.8) is 0 Å². The van der Waals surface area contributed by atoms with Gasteiger partial charge >= 0.3 is 0 Å². The Morgan fingerprint density at radius 3 is 2.63 bits per heavy atom. The summed E-state index contributed by atoms with van der Waals surface area (Å²) in [5, 5.41) is 5.65. The fourth-order valence-corrected chi connectivity index (χ4v) is 1.71. The Balaban J connectivity index is 2.54. The minimum absolute atomic E-state index is 0.0422. The highest BCUT2D eigenvalue weighted by molar-refractivity contribution is 5.81. The van der Waals surface area contributed by atoms with Crippen molar-refractivity contribution in [3.05, 3.63) is 24.0 Å². The van der Waals surface area contributed by atoms with Gasteiger partial charge in [-0.2, -0.15) is 0 Å². The maximum Gasteiger partial charge on any atom is 0.239 e. The van der Waals surface area contributed by atoms with E-state index in [1.165, 1.54) is 25.3 Å². The molecule has 19 heavy (non-hydrogen) atoms. The second-order valence-corrected chi connectivity index (χ2v) is 4.28. The van der Waals surface area contributed by atoms with Gasteiger partial charge in [0.2, 0.25) is 5.91 Å². The Labute approximate surface area is 113 Å². The first-order valence-corrected chi connectivity index (χ1v) is 6.47. The fraction of sp³-hybridized carbons (Fsp3) is 0.500. The summed E-state index contributed by atoms with van der Waals surface area (Å²) >= 11 is 0. The second kappa shape index (κ2) is 7.61. The number of benzene rings is 1. The summed E-state index contributed by atoms with van der Waals surface area (Å²) in [4.78, 5) is 11.7. The van der Waals surface area contributed by atoms with E-state index in [0.29, 0.717) is 5.75 Å². The summed E-state index contributed by atoms with van der Waals surface area (Å²) in [6.07, 6.45) is 1.77. The van der Waals surface area contributed by atoms with E-state index in [4.69, 9.17) is 4.74 Å². The summed E-state index contributed by atoms with van der Waals surface area (Å²) in [7, 11) is 1.51. The molecule has 0 heterocycles. The van der Waals surface area contributed by atoms with E-state index < -0.39 is 5.82 Å². The number of halogens is 1. The van der Waals surface area contributed by atoms with Gasteiger partial charge in [0, 0.05) is 12.1 Å². The molecule has 1 aromatic carbocycles. The maximum absolute atomic E-state index is 13.5. The average Bonchev–Trinajstić information content (AvgIpc) is 2.43. The van der Waals surface area contributed by atoms with Crippen LogP contribution in [0.25, 0.3) is 0 Å². The van der Waals surface area contributed by atoms with Gasteiger partial charge in [-0.25, -0.2) is 4.39 Å². The molecule has 106 valence electrons. The Morgan fingerprint density at radius 1 is 1.37 bits per heavy atom. The highest BCUT2D eigenvalue weighted by Crippen LogP contribution is 2.20. The van der Waals surface area contributed by atoms with E-state index in [1.807, 2.05) is 13.8 Å². The lowest BCUT2D eigenvalue weighted by molar-refractivity contribution is -0.120. The lowest BCUT2D eigenvalue weighted by Gasteiger charge is -2.15. The van der Waals surface area contributed by atoms with Gasteiger partial charge in [0.05, 0.1) is 19.3 Å².